The van der Waals surface area contributed by atoms with Crippen molar-refractivity contribution in [2.45, 2.75) is 0 Å². The molecule has 3 aromatic carbocycles. The predicted molar refractivity (Wildman–Crippen MR) is 91.7 cm³/mol. The minimum absolute atomic E-state index is 0.887. The lowest BCUT2D eigenvalue weighted by Crippen LogP contribution is -2.00. The Kier molecular flexibility index (Phi) is 2.46. The Labute approximate surface area is 132 Å². The molecule has 0 aliphatic heterocycles. The largest absolute Gasteiger partial charge is 0.248 e. The SMILES string of the molecule is c1ccc2c(-n3nnc4ccccc43)c3ccccc3nc2c1. The lowest BCUT2D eigenvalue weighted by molar-refractivity contribution is 0.833. The second-order valence-corrected chi connectivity index (χ2v) is 5.48. The van der Waals surface area contributed by atoms with E-state index >= 15 is 0 Å². The molecule has 108 valence electrons. The van der Waals surface area contributed by atoms with E-state index in [9.17, 15) is 0 Å². The van der Waals surface area contributed by atoms with Gasteiger partial charge in [-0.15, -0.1) is 5.10 Å². The number of pyridine rings is 1. The molecule has 5 rings (SSSR count). The number of nitrogens with zero attached hydrogens (tertiary/aromatic N) is 4. The van der Waals surface area contributed by atoms with Crippen molar-refractivity contribution in [1.82, 2.24) is 20.0 Å². The van der Waals surface area contributed by atoms with Gasteiger partial charge in [0.2, 0.25) is 0 Å². The van der Waals surface area contributed by atoms with Gasteiger partial charge < -0.3 is 0 Å². The zero-order valence-electron chi connectivity index (χ0n) is 12.2. The van der Waals surface area contributed by atoms with Crippen LogP contribution in [0.3, 0.4) is 0 Å². The minimum atomic E-state index is 0.887. The van der Waals surface area contributed by atoms with Crippen molar-refractivity contribution >= 4 is 32.8 Å². The average Bonchev–Trinajstić information content (AvgIpc) is 3.03. The van der Waals surface area contributed by atoms with E-state index in [1.807, 2.05) is 65.3 Å². The van der Waals surface area contributed by atoms with Gasteiger partial charge in [-0.2, -0.15) is 0 Å². The van der Waals surface area contributed by atoms with Crippen molar-refractivity contribution in [2.24, 2.45) is 0 Å². The zero-order valence-corrected chi connectivity index (χ0v) is 12.2. The number of rotatable bonds is 1. The average molecular weight is 296 g/mol. The van der Waals surface area contributed by atoms with Crippen LogP contribution < -0.4 is 0 Å². The van der Waals surface area contributed by atoms with E-state index in [0.29, 0.717) is 0 Å². The second kappa shape index (κ2) is 4.61. The highest BCUT2D eigenvalue weighted by Crippen LogP contribution is 2.30. The fourth-order valence-electron chi connectivity index (χ4n) is 3.08. The molecule has 0 atom stereocenters. The molecule has 0 fully saturated rings. The standard InChI is InChI=1S/C19H12N4/c1-3-9-15-13(7-1)19(14-8-2-4-10-16(14)20-15)23-18-12-6-5-11-17(18)21-22-23/h1-12H. The van der Waals surface area contributed by atoms with Crippen LogP contribution in [0.25, 0.3) is 38.5 Å². The molecule has 0 saturated carbocycles. The van der Waals surface area contributed by atoms with Gasteiger partial charge in [0.05, 0.1) is 22.2 Å². The Morgan fingerprint density at radius 1 is 0.609 bits per heavy atom. The molecule has 0 bridgehead atoms. The molecule has 0 radical (unpaired) electrons. The van der Waals surface area contributed by atoms with E-state index in [0.717, 1.165) is 38.5 Å². The number of aromatic nitrogens is 4. The van der Waals surface area contributed by atoms with Gasteiger partial charge in [0, 0.05) is 10.8 Å². The third-order valence-corrected chi connectivity index (χ3v) is 4.12. The first-order valence-electron chi connectivity index (χ1n) is 7.50. The summed E-state index contributed by atoms with van der Waals surface area (Å²) in [6, 6.07) is 24.3. The van der Waals surface area contributed by atoms with Crippen LogP contribution in [-0.2, 0) is 0 Å². The summed E-state index contributed by atoms with van der Waals surface area (Å²) >= 11 is 0. The molecule has 0 unspecified atom stereocenters. The van der Waals surface area contributed by atoms with Gasteiger partial charge in [0.25, 0.3) is 0 Å². The molecule has 0 aliphatic carbocycles. The zero-order chi connectivity index (χ0) is 15.2. The van der Waals surface area contributed by atoms with E-state index in [2.05, 4.69) is 22.4 Å². The van der Waals surface area contributed by atoms with Gasteiger partial charge in [0.15, 0.2) is 0 Å². The Bertz CT molecular complexity index is 1120. The molecular formula is C19H12N4. The van der Waals surface area contributed by atoms with E-state index < -0.39 is 0 Å². The highest BCUT2D eigenvalue weighted by Gasteiger charge is 2.14. The van der Waals surface area contributed by atoms with Crippen LogP contribution in [0, 0.1) is 0 Å². The van der Waals surface area contributed by atoms with Gasteiger partial charge in [-0.05, 0) is 24.3 Å². The quantitative estimate of drug-likeness (QED) is 0.437. The van der Waals surface area contributed by atoms with Crippen LogP contribution in [-0.4, -0.2) is 20.0 Å². The van der Waals surface area contributed by atoms with Crippen LogP contribution in [0.4, 0.5) is 0 Å². The minimum Gasteiger partial charge on any atom is -0.248 e. The summed E-state index contributed by atoms with van der Waals surface area (Å²) in [6.45, 7) is 0. The smallest absolute Gasteiger partial charge is 0.113 e. The van der Waals surface area contributed by atoms with Crippen LogP contribution in [0.2, 0.25) is 0 Å². The molecule has 0 amide bonds. The maximum atomic E-state index is 4.77. The maximum Gasteiger partial charge on any atom is 0.113 e. The second-order valence-electron chi connectivity index (χ2n) is 5.48. The van der Waals surface area contributed by atoms with Crippen molar-refractivity contribution in [2.75, 3.05) is 0 Å². The highest BCUT2D eigenvalue weighted by atomic mass is 15.4. The summed E-state index contributed by atoms with van der Waals surface area (Å²) in [4.78, 5) is 4.77. The molecule has 4 heteroatoms. The highest BCUT2D eigenvalue weighted by molar-refractivity contribution is 6.04. The van der Waals surface area contributed by atoms with Gasteiger partial charge in [0.1, 0.15) is 5.52 Å². The van der Waals surface area contributed by atoms with Gasteiger partial charge in [-0.25, -0.2) is 9.67 Å². The summed E-state index contributed by atoms with van der Waals surface area (Å²) in [5.41, 5.74) is 4.83. The molecule has 0 saturated heterocycles. The van der Waals surface area contributed by atoms with Crippen LogP contribution in [0.15, 0.2) is 72.8 Å². The fraction of sp³-hybridized carbons (Fsp3) is 0. The first-order chi connectivity index (χ1) is 11.4. The summed E-state index contributed by atoms with van der Waals surface area (Å²) in [5, 5.41) is 10.8. The number of hydrogen-bond donors (Lipinski definition) is 0. The van der Waals surface area contributed by atoms with Crippen LogP contribution in [0.1, 0.15) is 0 Å². The fourth-order valence-corrected chi connectivity index (χ4v) is 3.08. The number of fused-ring (bicyclic) bond motifs is 3. The molecule has 5 aromatic rings. The van der Waals surface area contributed by atoms with Crippen molar-refractivity contribution in [3.05, 3.63) is 72.8 Å². The summed E-state index contributed by atoms with van der Waals surface area (Å²) in [7, 11) is 0. The van der Waals surface area contributed by atoms with E-state index in [1.54, 1.807) is 0 Å². The normalized spacial score (nSPS) is 11.5. The van der Waals surface area contributed by atoms with E-state index in [-0.39, 0.29) is 0 Å². The Hall–Kier alpha value is -3.27. The topological polar surface area (TPSA) is 43.6 Å². The molecule has 0 aliphatic rings. The Balaban J connectivity index is 2.02. The Morgan fingerprint density at radius 3 is 1.87 bits per heavy atom. The van der Waals surface area contributed by atoms with Crippen LogP contribution >= 0.6 is 0 Å². The maximum absolute atomic E-state index is 4.77. The first-order valence-corrected chi connectivity index (χ1v) is 7.50. The number of benzene rings is 3. The third-order valence-electron chi connectivity index (χ3n) is 4.12. The molecule has 0 spiro atoms. The molecule has 0 N–H and O–H groups in total. The molecule has 2 aromatic heterocycles. The molecule has 2 heterocycles. The van der Waals surface area contributed by atoms with Gasteiger partial charge in [-0.3, -0.25) is 0 Å². The molecule has 4 nitrogen and oxygen atoms in total. The molecule has 23 heavy (non-hydrogen) atoms. The summed E-state index contributed by atoms with van der Waals surface area (Å²) in [5.74, 6) is 0. The summed E-state index contributed by atoms with van der Waals surface area (Å²) < 4.78 is 1.92. The lowest BCUT2D eigenvalue weighted by atomic mass is 10.1. The Morgan fingerprint density at radius 2 is 1.17 bits per heavy atom. The van der Waals surface area contributed by atoms with Crippen molar-refractivity contribution < 1.29 is 0 Å². The monoisotopic (exact) mass is 296 g/mol. The van der Waals surface area contributed by atoms with Crippen molar-refractivity contribution in [3.63, 3.8) is 0 Å². The lowest BCUT2D eigenvalue weighted by Gasteiger charge is -2.11. The number of hydrogen-bond acceptors (Lipinski definition) is 3. The van der Waals surface area contributed by atoms with Crippen molar-refractivity contribution in [3.8, 4) is 5.69 Å². The van der Waals surface area contributed by atoms with Gasteiger partial charge >= 0.3 is 0 Å². The van der Waals surface area contributed by atoms with Crippen molar-refractivity contribution in [1.29, 1.82) is 0 Å². The summed E-state index contributed by atoms with van der Waals surface area (Å²) in [6.07, 6.45) is 0. The van der Waals surface area contributed by atoms with E-state index in [4.69, 9.17) is 4.98 Å². The predicted octanol–water partition coefficient (Wildman–Crippen LogP) is 4.12. The third kappa shape index (κ3) is 1.75. The molecular weight excluding hydrogens is 284 g/mol. The first kappa shape index (κ1) is 12.3. The number of para-hydroxylation sites is 3. The van der Waals surface area contributed by atoms with Crippen LogP contribution in [0.5, 0.6) is 0 Å². The van der Waals surface area contributed by atoms with E-state index in [1.165, 1.54) is 0 Å². The van der Waals surface area contributed by atoms with Gasteiger partial charge in [-0.1, -0.05) is 53.7 Å².